The Bertz CT molecular complexity index is 2940. The number of nitrogen functional groups attached to an aromatic ring is 1. The monoisotopic (exact) mass is 1010 g/mol. The molecule has 1 aliphatic heterocycles. The number of phosphoric ester groups is 1. The molecule has 2 aromatic carbocycles. The van der Waals surface area contributed by atoms with Crippen molar-refractivity contribution in [2.75, 3.05) is 65.6 Å². The fourth-order valence-corrected chi connectivity index (χ4v) is 11.0. The lowest BCUT2D eigenvalue weighted by Crippen LogP contribution is -2.32. The molecule has 2 aliphatic carbocycles. The lowest BCUT2D eigenvalue weighted by atomic mass is 9.64. The van der Waals surface area contributed by atoms with Crippen LogP contribution in [0.2, 0.25) is 0 Å². The highest BCUT2D eigenvalue weighted by Crippen LogP contribution is 2.66. The maximum absolute atomic E-state index is 14.3. The summed E-state index contributed by atoms with van der Waals surface area (Å²) in [6.45, 7) is 3.67. The summed E-state index contributed by atoms with van der Waals surface area (Å²) in [6.07, 6.45) is 3.73. The number of benzene rings is 2. The zero-order chi connectivity index (χ0) is 50.8. The number of hydrogen-bond donors (Lipinski definition) is 7. The summed E-state index contributed by atoms with van der Waals surface area (Å²) in [5.74, 6) is 4.68. The number of nitrogens with two attached hydrogens (primary N) is 1. The number of aliphatic hydroxyl groups excluding tert-OH is 1. The number of ether oxygens (including phenoxy) is 1. The molecule has 0 bridgehead atoms. The quantitative estimate of drug-likeness (QED) is 0.0616. The van der Waals surface area contributed by atoms with Gasteiger partial charge in [0.05, 0.1) is 24.8 Å². The maximum Gasteiger partial charge on any atom is 0.490 e. The van der Waals surface area contributed by atoms with Gasteiger partial charge < -0.3 is 50.3 Å². The fourth-order valence-electron chi connectivity index (χ4n) is 8.00. The number of aromatic nitrogens is 2. The van der Waals surface area contributed by atoms with Gasteiger partial charge in [-0.1, -0.05) is 50.0 Å². The first-order chi connectivity index (χ1) is 32.2. The molecule has 2 heterocycles. The molecule has 0 radical (unpaired) electrons. The van der Waals surface area contributed by atoms with Crippen molar-refractivity contribution in [1.82, 2.24) is 19.8 Å². The van der Waals surface area contributed by atoms with Gasteiger partial charge in [0.15, 0.2) is 5.71 Å². The Morgan fingerprint density at radius 2 is 1.74 bits per heavy atom. The van der Waals surface area contributed by atoms with E-state index >= 15 is 0 Å². The zero-order valence-corrected chi connectivity index (χ0v) is 41.5. The fraction of sp³-hybridized carbons (Fsp3) is 0.386. The van der Waals surface area contributed by atoms with E-state index in [-0.39, 0.29) is 54.5 Å². The minimum Gasteiger partial charge on any atom is -0.390 e. The topological polar surface area (TPSA) is 306 Å². The standard InChI is InChI=1S/C44H54N7O15P3/c1-44(2)34-22-28(48(3)4)16-18-32(34)40(33-19-17-29(49(5)6)23-35(33)44)30-13-8-9-14-31(30)42(54)50(7)21-11-15-38(53)46-20-10-12-27-25-51(43(55)47-41(27)45)39-24-36(52)37(64-39)26-63-68(59,60)66-69(61,62)65-67(56,57)58/h8-9,13-14,16-19,22-23,25,36-37,39,52H,11,15,20-21,24,26H2,1-7H3,(H6-,45,46,47,53,55,56,57,58,59,60,61,62)/p+1/t36-,37+,39+/m0/s1. The number of nitrogens with zero attached hydrogens (tertiary/aromatic N) is 5. The third kappa shape index (κ3) is 12.7. The number of amides is 2. The van der Waals surface area contributed by atoms with Crippen LogP contribution in [0.25, 0.3) is 5.57 Å². The molecular weight excluding hydrogens is 959 g/mol. The smallest absolute Gasteiger partial charge is 0.390 e. The molecule has 69 heavy (non-hydrogen) atoms. The first-order valence-electron chi connectivity index (χ1n) is 21.3. The average molecular weight is 1010 g/mol. The van der Waals surface area contributed by atoms with E-state index in [1.807, 2.05) is 52.5 Å². The third-order valence-corrected chi connectivity index (χ3v) is 15.3. The highest BCUT2D eigenvalue weighted by atomic mass is 31.3. The van der Waals surface area contributed by atoms with E-state index < -0.39 is 54.2 Å². The Hall–Kier alpha value is -5.36. The van der Waals surface area contributed by atoms with Crippen molar-refractivity contribution in [1.29, 1.82) is 0 Å². The molecule has 8 N–H and O–H groups in total. The van der Waals surface area contributed by atoms with Crippen molar-refractivity contribution in [3.63, 3.8) is 0 Å². The zero-order valence-electron chi connectivity index (χ0n) is 38.8. The molecule has 1 aromatic heterocycles. The van der Waals surface area contributed by atoms with Crippen molar-refractivity contribution in [3.05, 3.63) is 116 Å². The Morgan fingerprint density at radius 1 is 1.03 bits per heavy atom. The van der Waals surface area contributed by atoms with Crippen molar-refractivity contribution >= 4 is 58.1 Å². The molecule has 3 aliphatic rings. The summed E-state index contributed by atoms with van der Waals surface area (Å²) in [7, 11) is -7.15. The Morgan fingerprint density at radius 3 is 2.42 bits per heavy atom. The number of fused-ring (bicyclic) bond motifs is 2. The van der Waals surface area contributed by atoms with E-state index in [1.54, 1.807) is 11.9 Å². The average Bonchev–Trinajstić information content (AvgIpc) is 3.63. The highest BCUT2D eigenvalue weighted by Gasteiger charge is 2.44. The van der Waals surface area contributed by atoms with E-state index in [0.29, 0.717) is 12.0 Å². The molecule has 1 saturated heterocycles. The molecule has 2 unspecified atom stereocenters. The molecule has 5 atom stereocenters. The molecule has 370 valence electrons. The first-order valence-corrected chi connectivity index (χ1v) is 25.8. The van der Waals surface area contributed by atoms with Crippen LogP contribution in [0.15, 0.2) is 82.8 Å². The van der Waals surface area contributed by atoms with Crippen molar-refractivity contribution in [2.45, 2.75) is 57.0 Å². The van der Waals surface area contributed by atoms with Crippen molar-refractivity contribution in [2.24, 2.45) is 0 Å². The van der Waals surface area contributed by atoms with Crippen LogP contribution >= 0.6 is 23.5 Å². The summed E-state index contributed by atoms with van der Waals surface area (Å²) >= 11 is 0. The van der Waals surface area contributed by atoms with E-state index in [0.717, 1.165) is 49.4 Å². The molecule has 0 saturated carbocycles. The number of aliphatic hydroxyl groups is 1. The van der Waals surface area contributed by atoms with Gasteiger partial charge in [0.2, 0.25) is 5.91 Å². The van der Waals surface area contributed by atoms with Crippen LogP contribution in [0.4, 0.5) is 11.5 Å². The molecule has 0 spiro atoms. The lowest BCUT2D eigenvalue weighted by Gasteiger charge is -2.39. The van der Waals surface area contributed by atoms with Gasteiger partial charge in [0, 0.05) is 75.5 Å². The lowest BCUT2D eigenvalue weighted by molar-refractivity contribution is -0.462. The first kappa shape index (κ1) is 53.0. The highest BCUT2D eigenvalue weighted by molar-refractivity contribution is 7.66. The van der Waals surface area contributed by atoms with Gasteiger partial charge >= 0.3 is 29.2 Å². The van der Waals surface area contributed by atoms with Crippen LogP contribution < -0.4 is 21.6 Å². The Labute approximate surface area is 397 Å². The SMILES string of the molecule is CN(CCCC(=O)NCC#Cc1cn([C@H]2C[C@H](O)[C@@H](COP(=O)(O)OP(=O)(O)OP(=O)(O)O)O2)c(=O)nc1N)C(=O)c1ccccc1C1=C2C=CC(=[N+](C)C)C=C2C(C)(C)c2cc(N(C)C)ccc21. The second-order valence-corrected chi connectivity index (χ2v) is 21.7. The number of nitrogens with one attached hydrogen (secondary N) is 1. The second-order valence-electron chi connectivity index (χ2n) is 17.3. The number of rotatable bonds is 16. The minimum absolute atomic E-state index is 0.0535. The number of carbonyl (C=O) groups excluding carboxylic acids is 2. The molecule has 6 rings (SSSR count). The van der Waals surface area contributed by atoms with Gasteiger partial charge in [-0.15, -0.1) is 0 Å². The van der Waals surface area contributed by atoms with E-state index in [4.69, 9.17) is 20.3 Å². The molecule has 1 fully saturated rings. The summed E-state index contributed by atoms with van der Waals surface area (Å²) < 4.78 is 55.1. The van der Waals surface area contributed by atoms with Gasteiger partial charge in [0.1, 0.15) is 32.2 Å². The van der Waals surface area contributed by atoms with Gasteiger partial charge in [-0.25, -0.2) is 23.1 Å². The van der Waals surface area contributed by atoms with Crippen LogP contribution in [0, 0.1) is 11.8 Å². The largest absolute Gasteiger partial charge is 0.490 e. The summed E-state index contributed by atoms with van der Waals surface area (Å²) in [4.78, 5) is 83.7. The minimum atomic E-state index is -5.78. The van der Waals surface area contributed by atoms with Crippen LogP contribution in [-0.2, 0) is 41.8 Å². The van der Waals surface area contributed by atoms with Crippen LogP contribution in [0.1, 0.15) is 71.9 Å². The van der Waals surface area contributed by atoms with Crippen LogP contribution in [-0.4, -0.2) is 128 Å². The van der Waals surface area contributed by atoms with Gasteiger partial charge in [-0.05, 0) is 64.1 Å². The number of allylic oxidation sites excluding steroid dienone is 5. The van der Waals surface area contributed by atoms with Crippen molar-refractivity contribution in [3.8, 4) is 11.8 Å². The number of carbonyl (C=O) groups is 2. The van der Waals surface area contributed by atoms with Crippen LogP contribution in [0.3, 0.4) is 0 Å². The Kier molecular flexibility index (Phi) is 16.1. The predicted molar refractivity (Wildman–Crippen MR) is 254 cm³/mol. The summed E-state index contributed by atoms with van der Waals surface area (Å²) in [5.41, 5.74) is 13.6. The summed E-state index contributed by atoms with van der Waals surface area (Å²) in [6, 6.07) is 14.0. The second kappa shape index (κ2) is 20.9. The molecule has 2 amide bonds. The molecule has 3 aromatic rings. The number of hydrogen-bond acceptors (Lipinski definition) is 14. The number of anilines is 2. The van der Waals surface area contributed by atoms with Gasteiger partial charge in [-0.2, -0.15) is 13.6 Å². The van der Waals surface area contributed by atoms with Gasteiger partial charge in [0.25, 0.3) is 5.91 Å². The maximum atomic E-state index is 14.3. The molecule has 25 heteroatoms. The molecular formula is C44H55N7O15P3+. The van der Waals surface area contributed by atoms with E-state index in [2.05, 4.69) is 95.0 Å². The summed E-state index contributed by atoms with van der Waals surface area (Å²) in [5, 5.41) is 13.2. The number of phosphoric acid groups is 3. The molecule has 22 nitrogen and oxygen atoms in total. The van der Waals surface area contributed by atoms with Crippen molar-refractivity contribution < 1.29 is 70.4 Å². The Balaban J connectivity index is 1.07. The van der Waals surface area contributed by atoms with E-state index in [9.17, 15) is 43.0 Å². The predicted octanol–water partition coefficient (Wildman–Crippen LogP) is 3.21. The van der Waals surface area contributed by atoms with E-state index in [1.165, 1.54) is 6.20 Å². The normalized spacial score (nSPS) is 20.1. The van der Waals surface area contributed by atoms with Crippen LogP contribution in [0.5, 0.6) is 0 Å². The van der Waals surface area contributed by atoms with Gasteiger partial charge in [-0.3, -0.25) is 18.7 Å². The third-order valence-electron chi connectivity index (χ3n) is 11.5.